The molecule has 0 unspecified atom stereocenters. The second-order valence-corrected chi connectivity index (χ2v) is 12.1. The van der Waals surface area contributed by atoms with E-state index in [-0.39, 0.29) is 0 Å². The number of hydrogen-bond donors (Lipinski definition) is 0. The summed E-state index contributed by atoms with van der Waals surface area (Å²) < 4.78 is 6.63. The fraction of sp³-hybridized carbons (Fsp3) is 0. The highest BCUT2D eigenvalue weighted by atomic mass is 16.3. The summed E-state index contributed by atoms with van der Waals surface area (Å²) in [5.41, 5.74) is 11.2. The lowest BCUT2D eigenvalue weighted by atomic mass is 9.99. The zero-order valence-corrected chi connectivity index (χ0v) is 26.5. The van der Waals surface area contributed by atoms with Crippen molar-refractivity contribution in [3.05, 3.63) is 176 Å². The topological polar surface area (TPSA) is 51.8 Å². The molecule has 0 fully saturated rings. The van der Waals surface area contributed by atoms with Gasteiger partial charge in [-0.15, -0.1) is 0 Å². The fourth-order valence-electron chi connectivity index (χ4n) is 6.43. The van der Waals surface area contributed by atoms with Gasteiger partial charge in [-0.25, -0.2) is 15.0 Å². The summed E-state index contributed by atoms with van der Waals surface area (Å²) >= 11 is 0. The molecule has 2 heterocycles. The Morgan fingerprint density at radius 3 is 1.31 bits per heavy atom. The van der Waals surface area contributed by atoms with Gasteiger partial charge in [-0.3, -0.25) is 0 Å². The number of furan rings is 1. The van der Waals surface area contributed by atoms with Crippen LogP contribution in [0.4, 0.5) is 0 Å². The van der Waals surface area contributed by atoms with Gasteiger partial charge in [-0.2, -0.15) is 0 Å². The predicted molar refractivity (Wildman–Crippen MR) is 200 cm³/mol. The summed E-state index contributed by atoms with van der Waals surface area (Å²) in [6, 6.07) is 60.5. The lowest BCUT2D eigenvalue weighted by Crippen LogP contribution is -2.00. The van der Waals surface area contributed by atoms with Crippen LogP contribution in [0.25, 0.3) is 89.5 Å². The van der Waals surface area contributed by atoms with Gasteiger partial charge in [0.1, 0.15) is 11.2 Å². The molecule has 7 aromatic carbocycles. The Morgan fingerprint density at radius 2 is 0.735 bits per heavy atom. The third-order valence-electron chi connectivity index (χ3n) is 8.98. The van der Waals surface area contributed by atoms with Crippen LogP contribution in [-0.4, -0.2) is 15.0 Å². The summed E-state index contributed by atoms with van der Waals surface area (Å²) in [5, 5.41) is 2.13. The Kier molecular flexibility index (Phi) is 7.10. The van der Waals surface area contributed by atoms with Crippen LogP contribution in [0.15, 0.2) is 180 Å². The largest absolute Gasteiger partial charge is 0.455 e. The summed E-state index contributed by atoms with van der Waals surface area (Å²) in [7, 11) is 0. The van der Waals surface area contributed by atoms with Gasteiger partial charge >= 0.3 is 0 Å². The van der Waals surface area contributed by atoms with Crippen molar-refractivity contribution in [2.24, 2.45) is 0 Å². The smallest absolute Gasteiger partial charge is 0.164 e. The van der Waals surface area contributed by atoms with Crippen molar-refractivity contribution in [3.63, 3.8) is 0 Å². The molecule has 0 aliphatic carbocycles. The van der Waals surface area contributed by atoms with Crippen LogP contribution >= 0.6 is 0 Å². The molecule has 0 saturated heterocycles. The van der Waals surface area contributed by atoms with E-state index in [9.17, 15) is 0 Å². The average molecular weight is 628 g/mol. The average Bonchev–Trinajstić information content (AvgIpc) is 3.57. The molecule has 0 bridgehead atoms. The first-order valence-corrected chi connectivity index (χ1v) is 16.4. The quantitative estimate of drug-likeness (QED) is 0.184. The highest BCUT2D eigenvalue weighted by molar-refractivity contribution is 6.10. The van der Waals surface area contributed by atoms with Crippen molar-refractivity contribution in [3.8, 4) is 67.5 Å². The first-order valence-electron chi connectivity index (χ1n) is 16.4. The number of fused-ring (bicyclic) bond motifs is 3. The van der Waals surface area contributed by atoms with E-state index in [4.69, 9.17) is 19.4 Å². The second-order valence-electron chi connectivity index (χ2n) is 12.1. The van der Waals surface area contributed by atoms with E-state index in [0.717, 1.165) is 55.3 Å². The number of benzene rings is 7. The Labute approximate surface area is 284 Å². The van der Waals surface area contributed by atoms with Crippen LogP contribution in [0.5, 0.6) is 0 Å². The molecule has 4 heteroatoms. The van der Waals surface area contributed by atoms with E-state index < -0.39 is 0 Å². The van der Waals surface area contributed by atoms with Crippen molar-refractivity contribution < 1.29 is 4.42 Å². The molecule has 0 N–H and O–H groups in total. The Hall–Kier alpha value is -6.65. The van der Waals surface area contributed by atoms with E-state index in [1.807, 2.05) is 48.5 Å². The normalized spacial score (nSPS) is 11.3. The van der Waals surface area contributed by atoms with Gasteiger partial charge in [0, 0.05) is 33.0 Å². The molecule has 0 spiro atoms. The van der Waals surface area contributed by atoms with Crippen molar-refractivity contribution in [2.75, 3.05) is 0 Å². The van der Waals surface area contributed by atoms with E-state index in [0.29, 0.717) is 17.5 Å². The van der Waals surface area contributed by atoms with Crippen molar-refractivity contribution >= 4 is 21.9 Å². The van der Waals surface area contributed by atoms with Crippen LogP contribution < -0.4 is 0 Å². The first kappa shape index (κ1) is 28.6. The van der Waals surface area contributed by atoms with Crippen LogP contribution in [0.2, 0.25) is 0 Å². The highest BCUT2D eigenvalue weighted by Crippen LogP contribution is 2.38. The summed E-state index contributed by atoms with van der Waals surface area (Å²) in [4.78, 5) is 14.9. The third kappa shape index (κ3) is 5.45. The fourth-order valence-corrected chi connectivity index (χ4v) is 6.43. The molecule has 9 aromatic rings. The van der Waals surface area contributed by atoms with Crippen molar-refractivity contribution in [1.82, 2.24) is 15.0 Å². The van der Waals surface area contributed by atoms with E-state index in [1.165, 1.54) is 16.7 Å². The van der Waals surface area contributed by atoms with Crippen LogP contribution in [-0.2, 0) is 0 Å². The summed E-state index contributed by atoms with van der Waals surface area (Å²) in [5.74, 6) is 1.84. The Balaban J connectivity index is 1.12. The zero-order chi connectivity index (χ0) is 32.6. The van der Waals surface area contributed by atoms with Crippen LogP contribution in [0.3, 0.4) is 0 Å². The van der Waals surface area contributed by atoms with Gasteiger partial charge in [0.25, 0.3) is 0 Å². The van der Waals surface area contributed by atoms with Gasteiger partial charge < -0.3 is 4.42 Å². The number of rotatable bonds is 6. The molecule has 0 aliphatic rings. The SMILES string of the molecule is c1ccc(-c2ccc(-c3nc(-c4ccccc4)nc(-c4ccc5c(c4)oc4c(-c6ccc(-c7ccccc7)cc6)cccc45)n3)cc2)cc1. The molecular weight excluding hydrogens is 599 g/mol. The van der Waals surface area contributed by atoms with Crippen molar-refractivity contribution in [2.45, 2.75) is 0 Å². The monoisotopic (exact) mass is 627 g/mol. The summed E-state index contributed by atoms with van der Waals surface area (Å²) in [6.07, 6.45) is 0. The molecule has 0 saturated carbocycles. The number of aromatic nitrogens is 3. The first-order chi connectivity index (χ1) is 24.3. The number of hydrogen-bond acceptors (Lipinski definition) is 4. The molecular formula is C45H29N3O. The molecule has 9 rings (SSSR count). The lowest BCUT2D eigenvalue weighted by Gasteiger charge is -2.09. The minimum absolute atomic E-state index is 0.593. The van der Waals surface area contributed by atoms with Gasteiger partial charge in [0.05, 0.1) is 0 Å². The second kappa shape index (κ2) is 12.2. The molecule has 0 radical (unpaired) electrons. The molecule has 49 heavy (non-hydrogen) atoms. The summed E-state index contributed by atoms with van der Waals surface area (Å²) in [6.45, 7) is 0. The standard InChI is InChI=1S/C45H29N3O/c1-4-11-30(12-5-1)32-19-23-34(24-20-32)38-17-10-18-40-39-28-27-37(29-41(39)49-42(38)40)45-47-43(35-15-8-3-9-16-35)46-44(48-45)36-25-21-33(22-26-36)31-13-6-2-7-14-31/h1-29H. The molecule has 4 nitrogen and oxygen atoms in total. The van der Waals surface area contributed by atoms with Crippen LogP contribution in [0.1, 0.15) is 0 Å². The maximum atomic E-state index is 6.63. The minimum Gasteiger partial charge on any atom is -0.455 e. The molecule has 0 amide bonds. The van der Waals surface area contributed by atoms with Crippen molar-refractivity contribution in [1.29, 1.82) is 0 Å². The van der Waals surface area contributed by atoms with Crippen LogP contribution in [0, 0.1) is 0 Å². The zero-order valence-electron chi connectivity index (χ0n) is 26.5. The van der Waals surface area contributed by atoms with E-state index >= 15 is 0 Å². The van der Waals surface area contributed by atoms with E-state index in [2.05, 4.69) is 127 Å². The maximum Gasteiger partial charge on any atom is 0.164 e. The minimum atomic E-state index is 0.593. The van der Waals surface area contributed by atoms with Gasteiger partial charge in [0.2, 0.25) is 0 Å². The Bertz CT molecular complexity index is 2560. The molecule has 2 aromatic heterocycles. The number of para-hydroxylation sites is 1. The number of nitrogens with zero attached hydrogens (tertiary/aromatic N) is 3. The van der Waals surface area contributed by atoms with Gasteiger partial charge in [-0.1, -0.05) is 164 Å². The van der Waals surface area contributed by atoms with Gasteiger partial charge in [0.15, 0.2) is 17.5 Å². The Morgan fingerprint density at radius 1 is 0.306 bits per heavy atom. The molecule has 230 valence electrons. The van der Waals surface area contributed by atoms with Gasteiger partial charge in [-0.05, 0) is 39.9 Å². The predicted octanol–water partition coefficient (Wildman–Crippen LogP) is 11.8. The highest BCUT2D eigenvalue weighted by Gasteiger charge is 2.16. The maximum absolute atomic E-state index is 6.63. The lowest BCUT2D eigenvalue weighted by molar-refractivity contribution is 0.670. The molecule has 0 aliphatic heterocycles. The van der Waals surface area contributed by atoms with E-state index in [1.54, 1.807) is 0 Å². The molecule has 0 atom stereocenters. The third-order valence-corrected chi connectivity index (χ3v) is 8.98.